The van der Waals surface area contributed by atoms with Crippen LogP contribution in [0.15, 0.2) is 12.7 Å². The van der Waals surface area contributed by atoms with Crippen LogP contribution in [0.25, 0.3) is 0 Å². The van der Waals surface area contributed by atoms with E-state index in [1.807, 2.05) is 20.8 Å². The largest absolute Gasteiger partial charge is 0.466 e. The number of hydrogen-bond donors (Lipinski definition) is 0. The monoisotopic (exact) mass is 241 g/mol. The van der Waals surface area contributed by atoms with Crippen LogP contribution in [0.5, 0.6) is 0 Å². The zero-order chi connectivity index (χ0) is 13.5. The van der Waals surface area contributed by atoms with Crippen molar-refractivity contribution in [1.82, 2.24) is 4.90 Å². The molecule has 0 spiro atoms. The first-order valence-corrected chi connectivity index (χ1v) is 5.86. The van der Waals surface area contributed by atoms with Crippen LogP contribution in [-0.2, 0) is 14.3 Å². The van der Waals surface area contributed by atoms with E-state index in [0.717, 1.165) is 12.8 Å². The SMILES string of the molecule is C=CC(=O)N(CCCCOC(C)=O)C(C)(C)C. The van der Waals surface area contributed by atoms with E-state index in [0.29, 0.717) is 13.2 Å². The second-order valence-corrected chi connectivity index (χ2v) is 4.91. The Morgan fingerprint density at radius 1 is 1.29 bits per heavy atom. The molecule has 0 aromatic heterocycles. The van der Waals surface area contributed by atoms with Gasteiger partial charge in [0.15, 0.2) is 0 Å². The normalized spacial score (nSPS) is 10.8. The molecule has 17 heavy (non-hydrogen) atoms. The standard InChI is InChI=1S/C13H23NO3/c1-6-12(16)14(13(3,4)5)9-7-8-10-17-11(2)15/h6H,1,7-10H2,2-5H3. The Balaban J connectivity index is 4.06. The molecule has 0 saturated carbocycles. The van der Waals surface area contributed by atoms with E-state index >= 15 is 0 Å². The van der Waals surface area contributed by atoms with Crippen molar-refractivity contribution in [2.45, 2.75) is 46.1 Å². The predicted molar refractivity (Wildman–Crippen MR) is 67.5 cm³/mol. The molecule has 0 rings (SSSR count). The first-order valence-electron chi connectivity index (χ1n) is 5.86. The van der Waals surface area contributed by atoms with Crippen LogP contribution in [0.2, 0.25) is 0 Å². The number of ether oxygens (including phenoxy) is 1. The highest BCUT2D eigenvalue weighted by atomic mass is 16.5. The van der Waals surface area contributed by atoms with Crippen molar-refractivity contribution in [2.75, 3.05) is 13.2 Å². The van der Waals surface area contributed by atoms with Gasteiger partial charge in [-0.1, -0.05) is 6.58 Å². The predicted octanol–water partition coefficient (Wildman–Crippen LogP) is 2.14. The zero-order valence-corrected chi connectivity index (χ0v) is 11.3. The number of nitrogens with zero attached hydrogens (tertiary/aromatic N) is 1. The number of rotatable bonds is 6. The van der Waals surface area contributed by atoms with Gasteiger partial charge in [-0.3, -0.25) is 9.59 Å². The van der Waals surface area contributed by atoms with E-state index in [1.54, 1.807) is 4.90 Å². The molecule has 0 saturated heterocycles. The molecule has 4 nitrogen and oxygen atoms in total. The minimum atomic E-state index is -0.264. The van der Waals surface area contributed by atoms with Crippen molar-refractivity contribution in [3.8, 4) is 0 Å². The Morgan fingerprint density at radius 2 is 1.88 bits per heavy atom. The Labute approximate surface area is 104 Å². The smallest absolute Gasteiger partial charge is 0.302 e. The van der Waals surface area contributed by atoms with Crippen LogP contribution in [0, 0.1) is 0 Å². The molecule has 0 atom stereocenters. The summed E-state index contributed by atoms with van der Waals surface area (Å²) in [6.07, 6.45) is 2.90. The topological polar surface area (TPSA) is 46.6 Å². The maximum Gasteiger partial charge on any atom is 0.302 e. The molecule has 0 aliphatic carbocycles. The van der Waals surface area contributed by atoms with Crippen molar-refractivity contribution in [3.05, 3.63) is 12.7 Å². The molecular weight excluding hydrogens is 218 g/mol. The molecule has 0 heterocycles. The van der Waals surface area contributed by atoms with Gasteiger partial charge < -0.3 is 9.64 Å². The molecule has 0 radical (unpaired) electrons. The fourth-order valence-electron chi connectivity index (χ4n) is 1.47. The van der Waals surface area contributed by atoms with Crippen LogP contribution in [0.1, 0.15) is 40.5 Å². The molecule has 0 fully saturated rings. The summed E-state index contributed by atoms with van der Waals surface area (Å²) in [5, 5.41) is 0. The summed E-state index contributed by atoms with van der Waals surface area (Å²) in [4.78, 5) is 24.0. The molecule has 1 amide bonds. The molecular formula is C13H23NO3. The maximum atomic E-state index is 11.7. The van der Waals surface area contributed by atoms with Crippen LogP contribution in [0.4, 0.5) is 0 Å². The average molecular weight is 241 g/mol. The summed E-state index contributed by atoms with van der Waals surface area (Å²) >= 11 is 0. The summed E-state index contributed by atoms with van der Waals surface area (Å²) in [6.45, 7) is 11.9. The van der Waals surface area contributed by atoms with Gasteiger partial charge in [0.25, 0.3) is 0 Å². The molecule has 0 aromatic carbocycles. The van der Waals surface area contributed by atoms with E-state index in [9.17, 15) is 9.59 Å². The highest BCUT2D eigenvalue weighted by Crippen LogP contribution is 2.14. The lowest BCUT2D eigenvalue weighted by Crippen LogP contribution is -2.45. The number of hydrogen-bond acceptors (Lipinski definition) is 3. The fourth-order valence-corrected chi connectivity index (χ4v) is 1.47. The lowest BCUT2D eigenvalue weighted by Gasteiger charge is -2.35. The lowest BCUT2D eigenvalue weighted by molar-refractivity contribution is -0.141. The third kappa shape index (κ3) is 6.76. The molecule has 0 N–H and O–H groups in total. The third-order valence-corrected chi connectivity index (χ3v) is 2.33. The van der Waals surface area contributed by atoms with E-state index in [4.69, 9.17) is 4.74 Å². The van der Waals surface area contributed by atoms with Gasteiger partial charge in [0.05, 0.1) is 6.61 Å². The molecule has 0 aliphatic heterocycles. The molecule has 4 heteroatoms. The third-order valence-electron chi connectivity index (χ3n) is 2.33. The van der Waals surface area contributed by atoms with E-state index in [1.165, 1.54) is 13.0 Å². The van der Waals surface area contributed by atoms with Gasteiger partial charge in [-0.2, -0.15) is 0 Å². The Bertz CT molecular complexity index is 279. The number of carbonyl (C=O) groups is 2. The van der Waals surface area contributed by atoms with Crippen molar-refractivity contribution < 1.29 is 14.3 Å². The summed E-state index contributed by atoms with van der Waals surface area (Å²) in [5.41, 5.74) is -0.216. The highest BCUT2D eigenvalue weighted by molar-refractivity contribution is 5.87. The van der Waals surface area contributed by atoms with Gasteiger partial charge in [0.1, 0.15) is 0 Å². The molecule has 98 valence electrons. The number of amides is 1. The van der Waals surface area contributed by atoms with Crippen LogP contribution in [-0.4, -0.2) is 35.5 Å². The molecule has 0 aromatic rings. The second kappa shape index (κ2) is 7.09. The number of esters is 1. The van der Waals surface area contributed by atoms with Crippen molar-refractivity contribution in [1.29, 1.82) is 0 Å². The Kier molecular flexibility index (Phi) is 6.54. The van der Waals surface area contributed by atoms with Gasteiger partial charge in [-0.05, 0) is 39.7 Å². The van der Waals surface area contributed by atoms with Crippen molar-refractivity contribution in [2.24, 2.45) is 0 Å². The second-order valence-electron chi connectivity index (χ2n) is 4.91. The fraction of sp³-hybridized carbons (Fsp3) is 0.692. The van der Waals surface area contributed by atoms with E-state index in [2.05, 4.69) is 6.58 Å². The van der Waals surface area contributed by atoms with Gasteiger partial charge in [-0.15, -0.1) is 0 Å². The highest BCUT2D eigenvalue weighted by Gasteiger charge is 2.23. The maximum absolute atomic E-state index is 11.7. The Morgan fingerprint density at radius 3 is 2.29 bits per heavy atom. The van der Waals surface area contributed by atoms with Gasteiger partial charge in [-0.25, -0.2) is 0 Å². The Hall–Kier alpha value is -1.32. The summed E-state index contributed by atoms with van der Waals surface area (Å²) in [6, 6.07) is 0. The van der Waals surface area contributed by atoms with Crippen molar-refractivity contribution in [3.63, 3.8) is 0 Å². The van der Waals surface area contributed by atoms with Crippen molar-refractivity contribution >= 4 is 11.9 Å². The zero-order valence-electron chi connectivity index (χ0n) is 11.3. The number of unbranched alkanes of at least 4 members (excludes halogenated alkanes) is 1. The minimum Gasteiger partial charge on any atom is -0.466 e. The number of carbonyl (C=O) groups excluding carboxylic acids is 2. The summed E-state index contributed by atoms with van der Waals surface area (Å²) in [5.74, 6) is -0.329. The van der Waals surface area contributed by atoms with E-state index in [-0.39, 0.29) is 17.4 Å². The molecule has 0 unspecified atom stereocenters. The van der Waals surface area contributed by atoms with Gasteiger partial charge in [0.2, 0.25) is 5.91 Å². The van der Waals surface area contributed by atoms with Crippen LogP contribution < -0.4 is 0 Å². The van der Waals surface area contributed by atoms with E-state index < -0.39 is 0 Å². The van der Waals surface area contributed by atoms with Crippen LogP contribution in [0.3, 0.4) is 0 Å². The van der Waals surface area contributed by atoms with Gasteiger partial charge >= 0.3 is 5.97 Å². The first kappa shape index (κ1) is 15.7. The molecule has 0 aliphatic rings. The molecule has 0 bridgehead atoms. The summed E-state index contributed by atoms with van der Waals surface area (Å²) < 4.78 is 4.83. The van der Waals surface area contributed by atoms with Crippen LogP contribution >= 0.6 is 0 Å². The summed E-state index contributed by atoms with van der Waals surface area (Å²) in [7, 11) is 0. The minimum absolute atomic E-state index is 0.0648. The van der Waals surface area contributed by atoms with Gasteiger partial charge in [0, 0.05) is 19.0 Å². The quantitative estimate of drug-likeness (QED) is 0.406. The lowest BCUT2D eigenvalue weighted by atomic mass is 10.1. The first-order chi connectivity index (χ1) is 7.79. The average Bonchev–Trinajstić information content (AvgIpc) is 2.20.